The first-order valence-electron chi connectivity index (χ1n) is 4.36. The molecule has 0 saturated carbocycles. The largest absolute Gasteiger partial charge is 0.392 e. The summed E-state index contributed by atoms with van der Waals surface area (Å²) in [6.07, 6.45) is 2.88. The summed E-state index contributed by atoms with van der Waals surface area (Å²) in [6, 6.07) is 1.93. The predicted molar refractivity (Wildman–Crippen MR) is 50.0 cm³/mol. The zero-order chi connectivity index (χ0) is 9.68. The van der Waals surface area contributed by atoms with E-state index in [4.69, 9.17) is 0 Å². The van der Waals surface area contributed by atoms with E-state index in [1.54, 1.807) is 13.1 Å². The minimum atomic E-state index is -0.346. The highest BCUT2D eigenvalue weighted by Gasteiger charge is 2.07. The van der Waals surface area contributed by atoms with Crippen molar-refractivity contribution in [1.82, 2.24) is 15.3 Å². The number of aliphatic hydroxyl groups excluding tert-OH is 1. The van der Waals surface area contributed by atoms with Gasteiger partial charge in [-0.3, -0.25) is 0 Å². The predicted octanol–water partition coefficient (Wildman–Crippen LogP) is 0.335. The molecule has 0 aliphatic rings. The third-order valence-electron chi connectivity index (χ3n) is 1.97. The second-order valence-corrected chi connectivity index (χ2v) is 3.11. The number of hydrogen-bond donors (Lipinski definition) is 2. The van der Waals surface area contributed by atoms with Crippen molar-refractivity contribution in [2.24, 2.45) is 0 Å². The van der Waals surface area contributed by atoms with Crippen LogP contribution in [0.15, 0.2) is 18.6 Å². The first-order valence-corrected chi connectivity index (χ1v) is 4.36. The lowest BCUT2D eigenvalue weighted by atomic mass is 10.2. The Morgan fingerprint density at radius 2 is 2.31 bits per heavy atom. The summed E-state index contributed by atoms with van der Waals surface area (Å²) in [5, 5.41) is 12.4. The van der Waals surface area contributed by atoms with Crippen LogP contribution >= 0.6 is 0 Å². The summed E-state index contributed by atoms with van der Waals surface area (Å²) in [4.78, 5) is 7.87. The zero-order valence-corrected chi connectivity index (χ0v) is 7.94. The minimum Gasteiger partial charge on any atom is -0.392 e. The SMILES string of the molecule is CC(O)C(C)NCc1ccncn1. The van der Waals surface area contributed by atoms with E-state index in [0.29, 0.717) is 6.54 Å². The van der Waals surface area contributed by atoms with Crippen LogP contribution in [-0.2, 0) is 6.54 Å². The van der Waals surface area contributed by atoms with Crippen LogP contribution in [0.5, 0.6) is 0 Å². The van der Waals surface area contributed by atoms with Gasteiger partial charge in [-0.2, -0.15) is 0 Å². The van der Waals surface area contributed by atoms with Crippen LogP contribution in [0.4, 0.5) is 0 Å². The van der Waals surface area contributed by atoms with Crippen molar-refractivity contribution < 1.29 is 5.11 Å². The van der Waals surface area contributed by atoms with E-state index in [1.165, 1.54) is 6.33 Å². The molecule has 4 nitrogen and oxygen atoms in total. The Balaban J connectivity index is 2.35. The van der Waals surface area contributed by atoms with E-state index in [-0.39, 0.29) is 12.1 Å². The summed E-state index contributed by atoms with van der Waals surface area (Å²) in [5.41, 5.74) is 0.933. The summed E-state index contributed by atoms with van der Waals surface area (Å²) in [6.45, 7) is 4.36. The third kappa shape index (κ3) is 3.48. The van der Waals surface area contributed by atoms with Gasteiger partial charge in [0.2, 0.25) is 0 Å². The van der Waals surface area contributed by atoms with Gasteiger partial charge in [-0.15, -0.1) is 0 Å². The fourth-order valence-electron chi connectivity index (χ4n) is 0.859. The van der Waals surface area contributed by atoms with Crippen molar-refractivity contribution in [3.8, 4) is 0 Å². The molecule has 1 rings (SSSR count). The van der Waals surface area contributed by atoms with Crippen LogP contribution in [0.3, 0.4) is 0 Å². The van der Waals surface area contributed by atoms with Gasteiger partial charge in [0.15, 0.2) is 0 Å². The first kappa shape index (κ1) is 10.1. The fraction of sp³-hybridized carbons (Fsp3) is 0.556. The molecule has 1 aromatic rings. The van der Waals surface area contributed by atoms with E-state index in [0.717, 1.165) is 5.69 Å². The summed E-state index contributed by atoms with van der Waals surface area (Å²) in [5.74, 6) is 0. The number of aliphatic hydroxyl groups is 1. The van der Waals surface area contributed by atoms with Gasteiger partial charge in [-0.1, -0.05) is 0 Å². The lowest BCUT2D eigenvalue weighted by Gasteiger charge is -2.15. The Kier molecular flexibility index (Phi) is 3.79. The normalized spacial score (nSPS) is 15.3. The summed E-state index contributed by atoms with van der Waals surface area (Å²) >= 11 is 0. The molecular weight excluding hydrogens is 166 g/mol. The molecule has 0 aromatic carbocycles. The first-order chi connectivity index (χ1) is 6.20. The average molecular weight is 181 g/mol. The second-order valence-electron chi connectivity index (χ2n) is 3.11. The van der Waals surface area contributed by atoms with Crippen molar-refractivity contribution in [2.75, 3.05) is 0 Å². The molecule has 0 amide bonds. The maximum atomic E-state index is 9.20. The van der Waals surface area contributed by atoms with Crippen molar-refractivity contribution in [1.29, 1.82) is 0 Å². The molecule has 0 aliphatic carbocycles. The van der Waals surface area contributed by atoms with Crippen LogP contribution < -0.4 is 5.32 Å². The topological polar surface area (TPSA) is 58.0 Å². The van der Waals surface area contributed by atoms with Crippen molar-refractivity contribution in [2.45, 2.75) is 32.5 Å². The van der Waals surface area contributed by atoms with E-state index in [1.807, 2.05) is 13.0 Å². The lowest BCUT2D eigenvalue weighted by molar-refractivity contribution is 0.152. The zero-order valence-electron chi connectivity index (χ0n) is 7.94. The molecule has 2 unspecified atom stereocenters. The molecule has 72 valence electrons. The number of nitrogens with zero attached hydrogens (tertiary/aromatic N) is 2. The van der Waals surface area contributed by atoms with Gasteiger partial charge in [0.1, 0.15) is 6.33 Å². The Bertz CT molecular complexity index is 238. The van der Waals surface area contributed by atoms with Crippen LogP contribution in [-0.4, -0.2) is 27.2 Å². The van der Waals surface area contributed by atoms with Gasteiger partial charge in [-0.05, 0) is 19.9 Å². The molecule has 0 aliphatic heterocycles. The highest BCUT2D eigenvalue weighted by atomic mass is 16.3. The molecule has 0 bridgehead atoms. The van der Waals surface area contributed by atoms with E-state index in [9.17, 15) is 5.11 Å². The lowest BCUT2D eigenvalue weighted by Crippen LogP contribution is -2.35. The quantitative estimate of drug-likeness (QED) is 0.703. The van der Waals surface area contributed by atoms with Gasteiger partial charge >= 0.3 is 0 Å². The Morgan fingerprint density at radius 3 is 2.85 bits per heavy atom. The Morgan fingerprint density at radius 1 is 1.54 bits per heavy atom. The van der Waals surface area contributed by atoms with Crippen LogP contribution in [0, 0.1) is 0 Å². The average Bonchev–Trinajstić information content (AvgIpc) is 2.15. The molecule has 0 saturated heterocycles. The summed E-state index contributed by atoms with van der Waals surface area (Å²) < 4.78 is 0. The van der Waals surface area contributed by atoms with Gasteiger partial charge in [0.25, 0.3) is 0 Å². The number of rotatable bonds is 4. The number of nitrogens with one attached hydrogen (secondary N) is 1. The van der Waals surface area contributed by atoms with Gasteiger partial charge in [0, 0.05) is 18.8 Å². The van der Waals surface area contributed by atoms with Crippen LogP contribution in [0.1, 0.15) is 19.5 Å². The number of aromatic nitrogens is 2. The second kappa shape index (κ2) is 4.89. The molecule has 13 heavy (non-hydrogen) atoms. The van der Waals surface area contributed by atoms with E-state index < -0.39 is 0 Å². The van der Waals surface area contributed by atoms with Gasteiger partial charge in [-0.25, -0.2) is 9.97 Å². The molecular formula is C9H15N3O. The molecule has 2 atom stereocenters. The van der Waals surface area contributed by atoms with Crippen molar-refractivity contribution >= 4 is 0 Å². The summed E-state index contributed by atoms with van der Waals surface area (Å²) in [7, 11) is 0. The van der Waals surface area contributed by atoms with Gasteiger partial charge < -0.3 is 10.4 Å². The molecule has 0 spiro atoms. The molecule has 1 heterocycles. The van der Waals surface area contributed by atoms with Crippen molar-refractivity contribution in [3.05, 3.63) is 24.3 Å². The monoisotopic (exact) mass is 181 g/mol. The minimum absolute atomic E-state index is 0.0787. The highest BCUT2D eigenvalue weighted by Crippen LogP contribution is 1.94. The molecule has 0 radical (unpaired) electrons. The van der Waals surface area contributed by atoms with Crippen LogP contribution in [0.25, 0.3) is 0 Å². The number of hydrogen-bond acceptors (Lipinski definition) is 4. The fourth-order valence-corrected chi connectivity index (χ4v) is 0.859. The molecule has 4 heteroatoms. The van der Waals surface area contributed by atoms with E-state index >= 15 is 0 Å². The maximum Gasteiger partial charge on any atom is 0.115 e. The molecule has 0 fully saturated rings. The Labute approximate surface area is 78.0 Å². The standard InChI is InChI=1S/C9H15N3O/c1-7(8(2)13)11-5-9-3-4-10-6-12-9/h3-4,6-8,11,13H,5H2,1-2H3. The third-order valence-corrected chi connectivity index (χ3v) is 1.97. The van der Waals surface area contributed by atoms with Crippen LogP contribution in [0.2, 0.25) is 0 Å². The van der Waals surface area contributed by atoms with Gasteiger partial charge in [0.05, 0.1) is 11.8 Å². The van der Waals surface area contributed by atoms with E-state index in [2.05, 4.69) is 15.3 Å². The smallest absolute Gasteiger partial charge is 0.115 e. The highest BCUT2D eigenvalue weighted by molar-refractivity contribution is 4.97. The molecule has 1 aromatic heterocycles. The Hall–Kier alpha value is -1.00. The maximum absolute atomic E-state index is 9.20. The van der Waals surface area contributed by atoms with Crippen molar-refractivity contribution in [3.63, 3.8) is 0 Å². The molecule has 2 N–H and O–H groups in total.